The highest BCUT2D eigenvalue weighted by Crippen LogP contribution is 2.20. The second-order valence-corrected chi connectivity index (χ2v) is 4.46. The molecule has 0 spiro atoms. The number of nitrogens with one attached hydrogen (secondary N) is 2. The van der Waals surface area contributed by atoms with E-state index >= 15 is 0 Å². The largest absolute Gasteiger partial charge is 0.306 e. The van der Waals surface area contributed by atoms with Gasteiger partial charge in [0, 0.05) is 16.0 Å². The molecule has 16 heavy (non-hydrogen) atoms. The summed E-state index contributed by atoms with van der Waals surface area (Å²) in [6, 6.07) is 5.68. The molecule has 0 atom stereocenters. The number of aromatic nitrogens is 4. The van der Waals surface area contributed by atoms with Crippen LogP contribution in [0.2, 0.25) is 5.02 Å². The van der Waals surface area contributed by atoms with Crippen molar-refractivity contribution < 1.29 is 0 Å². The molecule has 0 unspecified atom stereocenters. The monoisotopic (exact) mass is 301 g/mol. The summed E-state index contributed by atoms with van der Waals surface area (Å²) in [5, 5.41) is 17.5. The first kappa shape index (κ1) is 11.5. The van der Waals surface area contributed by atoms with Gasteiger partial charge in [-0.3, -0.25) is 0 Å². The van der Waals surface area contributed by atoms with Crippen molar-refractivity contribution in [2.24, 2.45) is 0 Å². The first-order chi connectivity index (χ1) is 7.75. The lowest BCUT2D eigenvalue weighted by Gasteiger charge is -2.05. The van der Waals surface area contributed by atoms with Crippen molar-refractivity contribution in [2.75, 3.05) is 0 Å². The molecule has 0 aliphatic rings. The fourth-order valence-corrected chi connectivity index (χ4v) is 1.83. The van der Waals surface area contributed by atoms with E-state index in [1.165, 1.54) is 0 Å². The van der Waals surface area contributed by atoms with Crippen molar-refractivity contribution >= 4 is 27.5 Å². The number of nitrogens with zero attached hydrogens (tertiary/aromatic N) is 3. The van der Waals surface area contributed by atoms with Crippen LogP contribution in [0.3, 0.4) is 0 Å². The average Bonchev–Trinajstić information content (AvgIpc) is 2.76. The molecule has 0 fully saturated rings. The van der Waals surface area contributed by atoms with E-state index in [0.717, 1.165) is 15.1 Å². The van der Waals surface area contributed by atoms with E-state index < -0.39 is 0 Å². The van der Waals surface area contributed by atoms with E-state index in [4.69, 9.17) is 11.6 Å². The van der Waals surface area contributed by atoms with Gasteiger partial charge < -0.3 is 5.32 Å². The number of halogens is 2. The van der Waals surface area contributed by atoms with Crippen LogP contribution in [-0.4, -0.2) is 20.6 Å². The summed E-state index contributed by atoms with van der Waals surface area (Å²) in [7, 11) is 0. The summed E-state index contributed by atoms with van der Waals surface area (Å²) in [5.41, 5.74) is 1.09. The number of tetrazole rings is 1. The van der Waals surface area contributed by atoms with Gasteiger partial charge in [0.15, 0.2) is 5.82 Å². The van der Waals surface area contributed by atoms with Crippen LogP contribution in [0, 0.1) is 0 Å². The molecule has 7 heteroatoms. The third-order valence-electron chi connectivity index (χ3n) is 2.00. The van der Waals surface area contributed by atoms with Crippen LogP contribution in [0.4, 0.5) is 0 Å². The maximum atomic E-state index is 5.91. The number of hydrogen-bond donors (Lipinski definition) is 2. The van der Waals surface area contributed by atoms with E-state index in [1.807, 2.05) is 18.2 Å². The molecule has 0 amide bonds. The average molecular weight is 303 g/mol. The molecule has 1 aromatic heterocycles. The molecular formula is C9H9BrClN5. The standard InChI is InChI=1S/C9H9BrClN5/c10-8-2-1-7(11)3-6(8)4-12-5-9-13-15-16-14-9/h1-3,12H,4-5H2,(H,13,14,15,16). The predicted octanol–water partition coefficient (Wildman–Crippen LogP) is 1.91. The Morgan fingerprint density at radius 3 is 3.00 bits per heavy atom. The molecule has 2 aromatic rings. The molecule has 0 radical (unpaired) electrons. The minimum atomic E-state index is 0.565. The number of aromatic amines is 1. The molecule has 0 saturated heterocycles. The highest BCUT2D eigenvalue weighted by molar-refractivity contribution is 9.10. The Morgan fingerprint density at radius 2 is 2.25 bits per heavy atom. The minimum Gasteiger partial charge on any atom is -0.306 e. The Balaban J connectivity index is 1.92. The summed E-state index contributed by atoms with van der Waals surface area (Å²) in [6.07, 6.45) is 0. The van der Waals surface area contributed by atoms with Gasteiger partial charge >= 0.3 is 0 Å². The smallest absolute Gasteiger partial charge is 0.188 e. The van der Waals surface area contributed by atoms with Crippen molar-refractivity contribution in [1.29, 1.82) is 0 Å². The predicted molar refractivity (Wildman–Crippen MR) is 63.9 cm³/mol. The van der Waals surface area contributed by atoms with Crippen molar-refractivity contribution in [3.63, 3.8) is 0 Å². The zero-order valence-electron chi connectivity index (χ0n) is 8.24. The number of benzene rings is 1. The molecule has 0 bridgehead atoms. The molecule has 1 aromatic carbocycles. The number of rotatable bonds is 4. The van der Waals surface area contributed by atoms with Crippen LogP contribution in [0.15, 0.2) is 22.7 Å². The van der Waals surface area contributed by atoms with Crippen LogP contribution in [0.25, 0.3) is 0 Å². The van der Waals surface area contributed by atoms with E-state index in [0.29, 0.717) is 18.9 Å². The van der Waals surface area contributed by atoms with Crippen LogP contribution < -0.4 is 5.32 Å². The van der Waals surface area contributed by atoms with E-state index in [1.54, 1.807) is 0 Å². The maximum Gasteiger partial charge on any atom is 0.188 e. The summed E-state index contributed by atoms with van der Waals surface area (Å²) in [6.45, 7) is 1.26. The van der Waals surface area contributed by atoms with Crippen LogP contribution >= 0.6 is 27.5 Å². The molecule has 0 saturated carbocycles. The SMILES string of the molecule is Clc1ccc(Br)c(CNCc2nn[nH]n2)c1. The molecule has 1 heterocycles. The zero-order valence-corrected chi connectivity index (χ0v) is 10.6. The van der Waals surface area contributed by atoms with Crippen molar-refractivity contribution in [1.82, 2.24) is 25.9 Å². The normalized spacial score (nSPS) is 10.6. The summed E-state index contributed by atoms with van der Waals surface area (Å²) in [4.78, 5) is 0. The highest BCUT2D eigenvalue weighted by Gasteiger charge is 2.02. The van der Waals surface area contributed by atoms with E-state index in [2.05, 4.69) is 41.9 Å². The van der Waals surface area contributed by atoms with Gasteiger partial charge in [0.05, 0.1) is 6.54 Å². The first-order valence-corrected chi connectivity index (χ1v) is 5.80. The van der Waals surface area contributed by atoms with E-state index in [-0.39, 0.29) is 0 Å². The van der Waals surface area contributed by atoms with Crippen molar-refractivity contribution in [2.45, 2.75) is 13.1 Å². The fraction of sp³-hybridized carbons (Fsp3) is 0.222. The fourth-order valence-electron chi connectivity index (χ4n) is 1.25. The molecule has 2 rings (SSSR count). The topological polar surface area (TPSA) is 66.5 Å². The van der Waals surface area contributed by atoms with Crippen LogP contribution in [-0.2, 0) is 13.1 Å². The third-order valence-corrected chi connectivity index (χ3v) is 3.00. The lowest BCUT2D eigenvalue weighted by Crippen LogP contribution is -2.14. The van der Waals surface area contributed by atoms with Gasteiger partial charge in [-0.25, -0.2) is 0 Å². The molecule has 0 aliphatic heterocycles. The van der Waals surface area contributed by atoms with E-state index in [9.17, 15) is 0 Å². The Labute approximate surface area is 106 Å². The second-order valence-electron chi connectivity index (χ2n) is 3.17. The Kier molecular flexibility index (Phi) is 3.87. The zero-order chi connectivity index (χ0) is 11.4. The molecule has 5 nitrogen and oxygen atoms in total. The minimum absolute atomic E-state index is 0.565. The van der Waals surface area contributed by atoms with Crippen LogP contribution in [0.5, 0.6) is 0 Å². The first-order valence-electron chi connectivity index (χ1n) is 4.62. The van der Waals surface area contributed by atoms with Crippen molar-refractivity contribution in [3.8, 4) is 0 Å². The Hall–Kier alpha value is -0.980. The lowest BCUT2D eigenvalue weighted by atomic mass is 10.2. The van der Waals surface area contributed by atoms with Gasteiger partial charge in [0.1, 0.15) is 0 Å². The van der Waals surface area contributed by atoms with Gasteiger partial charge in [0.25, 0.3) is 0 Å². The van der Waals surface area contributed by atoms with Gasteiger partial charge in [-0.1, -0.05) is 32.7 Å². The molecule has 0 aliphatic carbocycles. The summed E-state index contributed by atoms with van der Waals surface area (Å²) >= 11 is 9.37. The van der Waals surface area contributed by atoms with Gasteiger partial charge in [-0.05, 0) is 23.8 Å². The van der Waals surface area contributed by atoms with Crippen molar-refractivity contribution in [3.05, 3.63) is 39.1 Å². The van der Waals surface area contributed by atoms with Gasteiger partial charge in [-0.15, -0.1) is 10.2 Å². The summed E-state index contributed by atoms with van der Waals surface area (Å²) < 4.78 is 1.03. The summed E-state index contributed by atoms with van der Waals surface area (Å²) in [5.74, 6) is 0.637. The quantitative estimate of drug-likeness (QED) is 0.905. The highest BCUT2D eigenvalue weighted by atomic mass is 79.9. The molecule has 84 valence electrons. The lowest BCUT2D eigenvalue weighted by molar-refractivity contribution is 0.662. The van der Waals surface area contributed by atoms with Gasteiger partial charge in [-0.2, -0.15) is 5.21 Å². The van der Waals surface area contributed by atoms with Crippen LogP contribution in [0.1, 0.15) is 11.4 Å². The number of hydrogen-bond acceptors (Lipinski definition) is 4. The third kappa shape index (κ3) is 3.01. The van der Waals surface area contributed by atoms with Gasteiger partial charge in [0.2, 0.25) is 0 Å². The Bertz CT molecular complexity index is 459. The second kappa shape index (κ2) is 5.38. The molecular weight excluding hydrogens is 293 g/mol. The number of H-pyrrole nitrogens is 1. The Morgan fingerprint density at radius 1 is 1.38 bits per heavy atom. The maximum absolute atomic E-state index is 5.91. The molecule has 2 N–H and O–H groups in total.